The van der Waals surface area contributed by atoms with E-state index in [1.54, 1.807) is 7.05 Å². The van der Waals surface area contributed by atoms with E-state index >= 15 is 0 Å². The topological polar surface area (TPSA) is 34.0 Å². The molecule has 1 N–H and O–H groups in total. The van der Waals surface area contributed by atoms with Gasteiger partial charge in [0.2, 0.25) is 0 Å². The molecule has 13 heavy (non-hydrogen) atoms. The molecule has 0 atom stereocenters. The molecule has 1 rings (SSSR count). The number of rotatable bonds is 3. The summed E-state index contributed by atoms with van der Waals surface area (Å²) in [7, 11) is 1.64. The number of hydrogen-bond acceptors (Lipinski definition) is 1. The summed E-state index contributed by atoms with van der Waals surface area (Å²) in [6, 6.07) is 1.83. The van der Waals surface area contributed by atoms with E-state index in [0.717, 1.165) is 17.4 Å². The molecule has 0 aromatic carbocycles. The van der Waals surface area contributed by atoms with Crippen LogP contribution in [-0.4, -0.2) is 17.5 Å². The number of hydrogen-bond donors (Lipinski definition) is 1. The summed E-state index contributed by atoms with van der Waals surface area (Å²) in [5, 5.41) is 2.61. The van der Waals surface area contributed by atoms with Crippen LogP contribution < -0.4 is 5.32 Å². The highest BCUT2D eigenvalue weighted by molar-refractivity contribution is 9.10. The second kappa shape index (κ2) is 4.46. The predicted molar refractivity (Wildman–Crippen MR) is 55.8 cm³/mol. The fraction of sp³-hybridized carbons (Fsp3) is 0.444. The number of carbonyl (C=O) groups is 1. The van der Waals surface area contributed by atoms with Crippen LogP contribution in [0, 0.1) is 0 Å². The summed E-state index contributed by atoms with van der Waals surface area (Å²) in [5.41, 5.74) is 0.705. The third kappa shape index (κ3) is 2.34. The van der Waals surface area contributed by atoms with Gasteiger partial charge in [-0.2, -0.15) is 0 Å². The Morgan fingerprint density at radius 1 is 1.69 bits per heavy atom. The maximum atomic E-state index is 11.4. The molecule has 1 heterocycles. The van der Waals surface area contributed by atoms with Crippen molar-refractivity contribution in [2.24, 2.45) is 0 Å². The highest BCUT2D eigenvalue weighted by Crippen LogP contribution is 2.15. The van der Waals surface area contributed by atoms with E-state index in [0.29, 0.717) is 5.69 Å². The third-order valence-electron chi connectivity index (χ3n) is 1.79. The number of carbonyl (C=O) groups excluding carboxylic acids is 1. The average Bonchev–Trinajstić information content (AvgIpc) is 2.46. The molecule has 0 aliphatic rings. The zero-order valence-electron chi connectivity index (χ0n) is 7.80. The number of aryl methyl sites for hydroxylation is 1. The summed E-state index contributed by atoms with van der Waals surface area (Å²) >= 11 is 3.35. The standard InChI is InChI=1S/C9H13BrN2O/c1-3-4-12-6-7(10)5-8(12)9(13)11-2/h5-6H,3-4H2,1-2H3,(H,11,13). The molecule has 0 saturated heterocycles. The first kappa shape index (κ1) is 10.3. The first-order valence-electron chi connectivity index (χ1n) is 4.26. The van der Waals surface area contributed by atoms with Gasteiger partial charge in [0.05, 0.1) is 0 Å². The van der Waals surface area contributed by atoms with Gasteiger partial charge in [-0.1, -0.05) is 6.92 Å². The predicted octanol–water partition coefficient (Wildman–Crippen LogP) is 2.02. The maximum absolute atomic E-state index is 11.4. The summed E-state index contributed by atoms with van der Waals surface area (Å²) in [4.78, 5) is 11.4. The highest BCUT2D eigenvalue weighted by atomic mass is 79.9. The lowest BCUT2D eigenvalue weighted by Gasteiger charge is -2.05. The van der Waals surface area contributed by atoms with Crippen LogP contribution in [-0.2, 0) is 6.54 Å². The second-order valence-corrected chi connectivity index (χ2v) is 3.73. The van der Waals surface area contributed by atoms with E-state index in [2.05, 4.69) is 28.2 Å². The minimum absolute atomic E-state index is 0.0425. The lowest BCUT2D eigenvalue weighted by Crippen LogP contribution is -2.21. The SMILES string of the molecule is CCCn1cc(Br)cc1C(=O)NC. The molecule has 1 aromatic rings. The Morgan fingerprint density at radius 3 is 2.92 bits per heavy atom. The van der Waals surface area contributed by atoms with Gasteiger partial charge >= 0.3 is 0 Å². The van der Waals surface area contributed by atoms with E-state index in [1.807, 2.05) is 16.8 Å². The lowest BCUT2D eigenvalue weighted by atomic mass is 10.4. The molecular weight excluding hydrogens is 232 g/mol. The Balaban J connectivity index is 2.96. The Kier molecular flexibility index (Phi) is 3.54. The van der Waals surface area contributed by atoms with Crippen LogP contribution in [0.4, 0.5) is 0 Å². The Bertz CT molecular complexity index is 307. The maximum Gasteiger partial charge on any atom is 0.267 e. The van der Waals surface area contributed by atoms with Gasteiger partial charge in [0.15, 0.2) is 0 Å². The molecule has 0 radical (unpaired) electrons. The molecular formula is C9H13BrN2O. The minimum Gasteiger partial charge on any atom is -0.354 e. The summed E-state index contributed by atoms with van der Waals surface area (Å²) < 4.78 is 2.89. The van der Waals surface area contributed by atoms with Gasteiger partial charge in [-0.05, 0) is 28.4 Å². The fourth-order valence-electron chi connectivity index (χ4n) is 1.22. The quantitative estimate of drug-likeness (QED) is 0.868. The first-order chi connectivity index (χ1) is 6.19. The molecule has 0 aliphatic heterocycles. The number of halogens is 1. The number of nitrogens with one attached hydrogen (secondary N) is 1. The van der Waals surface area contributed by atoms with E-state index < -0.39 is 0 Å². The van der Waals surface area contributed by atoms with Crippen molar-refractivity contribution in [2.45, 2.75) is 19.9 Å². The minimum atomic E-state index is -0.0425. The van der Waals surface area contributed by atoms with Crippen molar-refractivity contribution < 1.29 is 4.79 Å². The van der Waals surface area contributed by atoms with Gasteiger partial charge in [0, 0.05) is 24.3 Å². The van der Waals surface area contributed by atoms with Crippen molar-refractivity contribution in [3.63, 3.8) is 0 Å². The summed E-state index contributed by atoms with van der Waals surface area (Å²) in [6.07, 6.45) is 2.94. The van der Waals surface area contributed by atoms with Gasteiger partial charge in [-0.3, -0.25) is 4.79 Å². The highest BCUT2D eigenvalue weighted by Gasteiger charge is 2.10. The van der Waals surface area contributed by atoms with E-state index in [1.165, 1.54) is 0 Å². The Hall–Kier alpha value is -0.770. The van der Waals surface area contributed by atoms with Crippen LogP contribution in [0.25, 0.3) is 0 Å². The molecule has 4 heteroatoms. The third-order valence-corrected chi connectivity index (χ3v) is 2.22. The number of aromatic nitrogens is 1. The largest absolute Gasteiger partial charge is 0.354 e. The molecule has 0 saturated carbocycles. The van der Waals surface area contributed by atoms with Gasteiger partial charge in [-0.15, -0.1) is 0 Å². The number of amides is 1. The number of nitrogens with zero attached hydrogens (tertiary/aromatic N) is 1. The molecule has 3 nitrogen and oxygen atoms in total. The molecule has 0 bridgehead atoms. The molecule has 0 unspecified atom stereocenters. The van der Waals surface area contributed by atoms with Gasteiger partial charge in [0.1, 0.15) is 5.69 Å². The van der Waals surface area contributed by atoms with E-state index in [4.69, 9.17) is 0 Å². The van der Waals surface area contributed by atoms with Crippen LogP contribution in [0.2, 0.25) is 0 Å². The molecule has 1 amide bonds. The van der Waals surface area contributed by atoms with Crippen LogP contribution in [0.15, 0.2) is 16.7 Å². The van der Waals surface area contributed by atoms with Crippen LogP contribution in [0.3, 0.4) is 0 Å². The first-order valence-corrected chi connectivity index (χ1v) is 5.06. The molecule has 72 valence electrons. The molecule has 1 aromatic heterocycles. The van der Waals surface area contributed by atoms with E-state index in [9.17, 15) is 4.79 Å². The van der Waals surface area contributed by atoms with Gasteiger partial charge in [-0.25, -0.2) is 0 Å². The summed E-state index contributed by atoms with van der Waals surface area (Å²) in [6.45, 7) is 2.95. The van der Waals surface area contributed by atoms with Gasteiger partial charge < -0.3 is 9.88 Å². The summed E-state index contributed by atoms with van der Waals surface area (Å²) in [5.74, 6) is -0.0425. The van der Waals surface area contributed by atoms with Crippen molar-refractivity contribution >= 4 is 21.8 Å². The normalized spacial score (nSPS) is 10.1. The fourth-order valence-corrected chi connectivity index (χ4v) is 1.68. The van der Waals surface area contributed by atoms with Crippen LogP contribution in [0.5, 0.6) is 0 Å². The average molecular weight is 245 g/mol. The van der Waals surface area contributed by atoms with E-state index in [-0.39, 0.29) is 5.91 Å². The zero-order chi connectivity index (χ0) is 9.84. The monoisotopic (exact) mass is 244 g/mol. The van der Waals surface area contributed by atoms with Crippen molar-refractivity contribution in [3.05, 3.63) is 22.4 Å². The lowest BCUT2D eigenvalue weighted by molar-refractivity contribution is 0.0954. The molecule has 0 aliphatic carbocycles. The molecule has 0 fully saturated rings. The van der Waals surface area contributed by atoms with Gasteiger partial charge in [0.25, 0.3) is 5.91 Å². The Morgan fingerprint density at radius 2 is 2.38 bits per heavy atom. The Labute approximate surface area is 86.3 Å². The van der Waals surface area contributed by atoms with Crippen molar-refractivity contribution in [3.8, 4) is 0 Å². The van der Waals surface area contributed by atoms with Crippen molar-refractivity contribution in [1.29, 1.82) is 0 Å². The molecule has 0 spiro atoms. The zero-order valence-corrected chi connectivity index (χ0v) is 9.39. The second-order valence-electron chi connectivity index (χ2n) is 2.82. The van der Waals surface area contributed by atoms with Crippen molar-refractivity contribution in [2.75, 3.05) is 7.05 Å². The smallest absolute Gasteiger partial charge is 0.267 e. The van der Waals surface area contributed by atoms with Crippen LogP contribution in [0.1, 0.15) is 23.8 Å². The van der Waals surface area contributed by atoms with Crippen molar-refractivity contribution in [1.82, 2.24) is 9.88 Å². The van der Waals surface area contributed by atoms with Crippen LogP contribution >= 0.6 is 15.9 Å².